The Bertz CT molecular complexity index is 1040. The van der Waals surface area contributed by atoms with Crippen LogP contribution in [0.25, 0.3) is 0 Å². The Morgan fingerprint density at radius 2 is 1.52 bits per heavy atom. The number of rotatable bonds is 7. The topological polar surface area (TPSA) is 50.4 Å². The van der Waals surface area contributed by atoms with Crippen LogP contribution in [0.15, 0.2) is 36.4 Å². The molecule has 0 bridgehead atoms. The highest BCUT2D eigenvalue weighted by molar-refractivity contribution is 5.94. The summed E-state index contributed by atoms with van der Waals surface area (Å²) < 4.78 is 87.3. The number of carbonyl (C=O) groups excluding carboxylic acids is 1. The molecule has 0 radical (unpaired) electrons. The van der Waals surface area contributed by atoms with Crippen molar-refractivity contribution in [1.29, 1.82) is 0 Å². The number of ether oxygens (including phenoxy) is 1. The molecule has 1 atom stereocenters. The quantitative estimate of drug-likeness (QED) is 0.427. The second-order valence-electron chi connectivity index (χ2n) is 8.52. The lowest BCUT2D eigenvalue weighted by molar-refractivity contribution is -0.139. The first-order chi connectivity index (χ1) is 15.4. The summed E-state index contributed by atoms with van der Waals surface area (Å²) in [5.41, 5.74) is -2.80. The van der Waals surface area contributed by atoms with Gasteiger partial charge in [0.2, 0.25) is 5.91 Å². The lowest BCUT2D eigenvalue weighted by Gasteiger charge is -2.21. The fourth-order valence-electron chi connectivity index (χ4n) is 3.51. The summed E-state index contributed by atoms with van der Waals surface area (Å²) in [6.07, 6.45) is -6.77. The molecule has 1 unspecified atom stereocenters. The van der Waals surface area contributed by atoms with E-state index in [1.165, 1.54) is 12.1 Å². The molecule has 0 saturated heterocycles. The summed E-state index contributed by atoms with van der Waals surface area (Å²) in [6, 6.07) is 6.21. The molecule has 2 saturated carbocycles. The Hall–Kier alpha value is -2.91. The Morgan fingerprint density at radius 3 is 2.09 bits per heavy atom. The van der Waals surface area contributed by atoms with E-state index in [0.717, 1.165) is 37.1 Å². The normalized spacial score (nSPS) is 17.4. The molecule has 10 heteroatoms. The van der Waals surface area contributed by atoms with Crippen LogP contribution in [0.5, 0.6) is 5.75 Å². The third-order valence-electron chi connectivity index (χ3n) is 5.70. The fraction of sp³-hybridized carbons (Fsp3) is 0.435. The molecular weight excluding hydrogens is 450 g/mol. The first-order valence-corrected chi connectivity index (χ1v) is 10.6. The van der Waals surface area contributed by atoms with Crippen molar-refractivity contribution in [3.63, 3.8) is 0 Å². The molecule has 0 heterocycles. The molecule has 2 aromatic rings. The van der Waals surface area contributed by atoms with Gasteiger partial charge in [-0.05, 0) is 74.9 Å². The van der Waals surface area contributed by atoms with Crippen molar-refractivity contribution in [2.75, 3.05) is 10.6 Å². The monoisotopic (exact) mass is 472 g/mol. The lowest BCUT2D eigenvalue weighted by atomic mass is 10.1. The van der Waals surface area contributed by atoms with Crippen LogP contribution in [-0.4, -0.2) is 12.0 Å². The highest BCUT2D eigenvalue weighted by Crippen LogP contribution is 2.43. The minimum absolute atomic E-state index is 0.0291. The number of nitrogens with one attached hydrogen (secondary N) is 2. The molecule has 4 rings (SSSR count). The summed E-state index contributed by atoms with van der Waals surface area (Å²) in [5, 5.41) is 4.88. The largest absolute Gasteiger partial charge is 0.490 e. The van der Waals surface area contributed by atoms with Gasteiger partial charge in [0.05, 0.1) is 22.9 Å². The van der Waals surface area contributed by atoms with Crippen molar-refractivity contribution >= 4 is 23.0 Å². The number of anilines is 3. The Morgan fingerprint density at radius 1 is 0.909 bits per heavy atom. The molecule has 0 aliphatic heterocycles. The SMILES string of the molecule is CC(Oc1ccc(Nc2ccc(NC(=O)C3CC3)cc2C(F)(F)F)cc1C(F)(F)F)C1CC1. The average Bonchev–Trinajstić information content (AvgIpc) is 3.61. The molecule has 4 nitrogen and oxygen atoms in total. The average molecular weight is 472 g/mol. The molecular formula is C23H22F6N2O2. The maximum atomic E-state index is 13.6. The van der Waals surface area contributed by atoms with Gasteiger partial charge in [-0.3, -0.25) is 4.79 Å². The number of carbonyl (C=O) groups is 1. The summed E-state index contributed by atoms with van der Waals surface area (Å²) in [7, 11) is 0. The number of amides is 1. The predicted molar refractivity (Wildman–Crippen MR) is 110 cm³/mol. The molecule has 0 spiro atoms. The standard InChI is InChI=1S/C23H22F6N2O2/c1-12(13-2-3-13)33-20-9-7-15(11-18(20)23(27,28)29)30-19-8-6-16(10-17(19)22(24,25)26)31-21(32)14-4-5-14/h6-14,30H,2-5H2,1H3,(H,31,32). The Labute approximate surface area is 186 Å². The van der Waals surface area contributed by atoms with Gasteiger partial charge in [-0.25, -0.2) is 0 Å². The van der Waals surface area contributed by atoms with Crippen molar-refractivity contribution < 1.29 is 35.9 Å². The van der Waals surface area contributed by atoms with E-state index in [-0.39, 0.29) is 41.0 Å². The second kappa shape index (κ2) is 8.46. The third kappa shape index (κ3) is 5.72. The van der Waals surface area contributed by atoms with E-state index in [1.807, 2.05) is 0 Å². The molecule has 33 heavy (non-hydrogen) atoms. The Balaban J connectivity index is 1.61. The van der Waals surface area contributed by atoms with Crippen LogP contribution in [0.2, 0.25) is 0 Å². The smallest absolute Gasteiger partial charge is 0.420 e. The van der Waals surface area contributed by atoms with E-state index in [2.05, 4.69) is 10.6 Å². The van der Waals surface area contributed by atoms with E-state index in [0.29, 0.717) is 12.8 Å². The van der Waals surface area contributed by atoms with E-state index in [4.69, 9.17) is 4.74 Å². The van der Waals surface area contributed by atoms with Crippen molar-refractivity contribution in [1.82, 2.24) is 0 Å². The predicted octanol–water partition coefficient (Wildman–Crippen LogP) is 6.99. The molecule has 2 N–H and O–H groups in total. The molecule has 1 amide bonds. The summed E-state index contributed by atoms with van der Waals surface area (Å²) in [6.45, 7) is 1.70. The van der Waals surface area contributed by atoms with Crippen molar-refractivity contribution in [2.45, 2.75) is 51.1 Å². The van der Waals surface area contributed by atoms with Crippen LogP contribution in [0.3, 0.4) is 0 Å². The van der Waals surface area contributed by atoms with Gasteiger partial charge in [0.25, 0.3) is 0 Å². The lowest BCUT2D eigenvalue weighted by Crippen LogP contribution is -2.18. The minimum atomic E-state index is -4.79. The van der Waals surface area contributed by atoms with Crippen molar-refractivity contribution in [3.8, 4) is 5.75 Å². The number of hydrogen-bond acceptors (Lipinski definition) is 3. The minimum Gasteiger partial charge on any atom is -0.490 e. The number of benzene rings is 2. The van der Waals surface area contributed by atoms with E-state index in [9.17, 15) is 31.1 Å². The van der Waals surface area contributed by atoms with Gasteiger partial charge in [0.1, 0.15) is 5.75 Å². The molecule has 2 aliphatic carbocycles. The van der Waals surface area contributed by atoms with E-state index < -0.39 is 29.2 Å². The van der Waals surface area contributed by atoms with Crippen LogP contribution < -0.4 is 15.4 Å². The van der Waals surface area contributed by atoms with Gasteiger partial charge < -0.3 is 15.4 Å². The van der Waals surface area contributed by atoms with Gasteiger partial charge in [0.15, 0.2) is 0 Å². The Kier molecular flexibility index (Phi) is 5.96. The molecule has 2 aromatic carbocycles. The number of halogens is 6. The van der Waals surface area contributed by atoms with Gasteiger partial charge in [-0.1, -0.05) is 0 Å². The molecule has 0 aromatic heterocycles. The van der Waals surface area contributed by atoms with Crippen molar-refractivity contribution in [2.24, 2.45) is 11.8 Å². The van der Waals surface area contributed by atoms with Crippen LogP contribution >= 0.6 is 0 Å². The van der Waals surface area contributed by atoms with E-state index in [1.54, 1.807) is 6.92 Å². The van der Waals surface area contributed by atoms with Gasteiger partial charge in [-0.2, -0.15) is 26.3 Å². The van der Waals surface area contributed by atoms with E-state index >= 15 is 0 Å². The zero-order chi connectivity index (χ0) is 24.0. The highest BCUT2D eigenvalue weighted by Gasteiger charge is 2.38. The first kappa shape index (κ1) is 23.3. The van der Waals surface area contributed by atoms with Gasteiger partial charge >= 0.3 is 12.4 Å². The van der Waals surface area contributed by atoms with Gasteiger partial charge in [0, 0.05) is 17.3 Å². The van der Waals surface area contributed by atoms with Crippen LogP contribution in [0.1, 0.15) is 43.7 Å². The highest BCUT2D eigenvalue weighted by atomic mass is 19.4. The summed E-state index contributed by atoms with van der Waals surface area (Å²) in [4.78, 5) is 11.9. The maximum absolute atomic E-state index is 13.6. The maximum Gasteiger partial charge on any atom is 0.420 e. The van der Waals surface area contributed by atoms with Gasteiger partial charge in [-0.15, -0.1) is 0 Å². The molecule has 2 aliphatic rings. The first-order valence-electron chi connectivity index (χ1n) is 10.6. The summed E-state index contributed by atoms with van der Waals surface area (Å²) in [5.74, 6) is -0.699. The van der Waals surface area contributed by atoms with Crippen LogP contribution in [0, 0.1) is 11.8 Å². The summed E-state index contributed by atoms with van der Waals surface area (Å²) >= 11 is 0. The number of alkyl halides is 6. The zero-order valence-electron chi connectivity index (χ0n) is 17.6. The third-order valence-corrected chi connectivity index (χ3v) is 5.70. The molecule has 2 fully saturated rings. The fourth-order valence-corrected chi connectivity index (χ4v) is 3.51. The zero-order valence-corrected chi connectivity index (χ0v) is 17.6. The second-order valence-corrected chi connectivity index (χ2v) is 8.52. The molecule has 178 valence electrons. The van der Waals surface area contributed by atoms with Crippen LogP contribution in [0.4, 0.5) is 43.4 Å². The number of hydrogen-bond donors (Lipinski definition) is 2. The van der Waals surface area contributed by atoms with Crippen molar-refractivity contribution in [3.05, 3.63) is 47.5 Å². The van der Waals surface area contributed by atoms with Crippen LogP contribution in [-0.2, 0) is 17.1 Å².